The summed E-state index contributed by atoms with van der Waals surface area (Å²) in [6, 6.07) is 9.22. The van der Waals surface area contributed by atoms with E-state index in [1.54, 1.807) is 0 Å². The zero-order valence-electron chi connectivity index (χ0n) is 17.9. The molecule has 1 fully saturated rings. The SMILES string of the molecule is C[C@@H]1CC(c2ccc(NC(=O)C3=NCC(C#N)N3)c(C3=CCCCC3)c2)C[C@H](C)N1. The monoisotopic (exact) mass is 405 g/mol. The maximum atomic E-state index is 12.7. The Morgan fingerprint density at radius 1 is 1.23 bits per heavy atom. The molecule has 2 aliphatic heterocycles. The fourth-order valence-corrected chi connectivity index (χ4v) is 4.95. The lowest BCUT2D eigenvalue weighted by Crippen LogP contribution is -2.41. The molecule has 1 saturated heterocycles. The van der Waals surface area contributed by atoms with Crippen molar-refractivity contribution in [2.24, 2.45) is 4.99 Å². The molecule has 4 rings (SSSR count). The molecule has 3 N–H and O–H groups in total. The van der Waals surface area contributed by atoms with E-state index < -0.39 is 6.04 Å². The van der Waals surface area contributed by atoms with Gasteiger partial charge in [-0.3, -0.25) is 9.79 Å². The Hall–Kier alpha value is -2.65. The van der Waals surface area contributed by atoms with E-state index in [0.717, 1.165) is 36.9 Å². The van der Waals surface area contributed by atoms with Gasteiger partial charge in [0.25, 0.3) is 5.91 Å². The number of rotatable bonds is 4. The standard InChI is InChI=1S/C24H31N5O/c1-15-10-19(11-16(2)27-15)18-8-9-22(21(12-18)17-6-4-3-5-7-17)29-24(30)23-26-14-20(13-25)28-23/h6,8-9,12,15-16,19-20,27H,3-5,7,10-11,14H2,1-2H3,(H,26,28)(H,29,30)/t15-,16+,19?,20?. The number of carbonyl (C=O) groups excluding carboxylic acids is 1. The van der Waals surface area contributed by atoms with Gasteiger partial charge < -0.3 is 16.0 Å². The van der Waals surface area contributed by atoms with E-state index in [1.807, 2.05) is 6.07 Å². The van der Waals surface area contributed by atoms with Gasteiger partial charge in [-0.2, -0.15) is 5.26 Å². The number of anilines is 1. The fourth-order valence-electron chi connectivity index (χ4n) is 4.95. The van der Waals surface area contributed by atoms with E-state index >= 15 is 0 Å². The summed E-state index contributed by atoms with van der Waals surface area (Å²) in [5.74, 6) is 0.499. The summed E-state index contributed by atoms with van der Waals surface area (Å²) >= 11 is 0. The first-order valence-corrected chi connectivity index (χ1v) is 11.1. The summed E-state index contributed by atoms with van der Waals surface area (Å²) in [6.07, 6.45) is 9.12. The molecule has 1 aromatic carbocycles. The van der Waals surface area contributed by atoms with E-state index in [0.29, 0.717) is 24.5 Å². The smallest absolute Gasteiger partial charge is 0.290 e. The lowest BCUT2D eigenvalue weighted by Gasteiger charge is -2.33. The number of piperidine rings is 1. The highest BCUT2D eigenvalue weighted by molar-refractivity contribution is 6.42. The second-order valence-corrected chi connectivity index (χ2v) is 8.89. The van der Waals surface area contributed by atoms with Gasteiger partial charge in [0.1, 0.15) is 6.04 Å². The van der Waals surface area contributed by atoms with Crippen LogP contribution >= 0.6 is 0 Å². The van der Waals surface area contributed by atoms with Crippen LogP contribution < -0.4 is 16.0 Å². The lowest BCUT2D eigenvalue weighted by atomic mass is 9.82. The van der Waals surface area contributed by atoms with Gasteiger partial charge in [-0.05, 0) is 81.6 Å². The number of benzene rings is 1. The molecule has 6 nitrogen and oxygen atoms in total. The number of nitriles is 1. The van der Waals surface area contributed by atoms with Crippen LogP contribution in [0.25, 0.3) is 5.57 Å². The van der Waals surface area contributed by atoms with Crippen LogP contribution in [0.5, 0.6) is 0 Å². The van der Waals surface area contributed by atoms with Crippen LogP contribution in [0.1, 0.15) is 69.4 Å². The molecule has 2 heterocycles. The maximum Gasteiger partial charge on any atom is 0.290 e. The average molecular weight is 406 g/mol. The first-order chi connectivity index (χ1) is 14.5. The summed E-state index contributed by atoms with van der Waals surface area (Å²) in [6.45, 7) is 4.83. The van der Waals surface area contributed by atoms with E-state index in [2.05, 4.69) is 59.1 Å². The van der Waals surface area contributed by atoms with Crippen molar-refractivity contribution in [3.8, 4) is 6.07 Å². The number of nitrogens with one attached hydrogen (secondary N) is 3. The number of aliphatic imine (C=N–C) groups is 1. The molecule has 158 valence electrons. The summed E-state index contributed by atoms with van der Waals surface area (Å²) in [5.41, 5.74) is 4.65. The van der Waals surface area contributed by atoms with Gasteiger partial charge in [-0.25, -0.2) is 0 Å². The second-order valence-electron chi connectivity index (χ2n) is 8.89. The molecule has 0 saturated carbocycles. The van der Waals surface area contributed by atoms with Gasteiger partial charge in [0.05, 0.1) is 12.6 Å². The highest BCUT2D eigenvalue weighted by Crippen LogP contribution is 2.37. The van der Waals surface area contributed by atoms with Gasteiger partial charge in [-0.15, -0.1) is 0 Å². The third-order valence-electron chi connectivity index (χ3n) is 6.36. The predicted molar refractivity (Wildman–Crippen MR) is 120 cm³/mol. The number of hydrogen-bond acceptors (Lipinski definition) is 5. The summed E-state index contributed by atoms with van der Waals surface area (Å²) < 4.78 is 0. The number of allylic oxidation sites excluding steroid dienone is 2. The molecule has 0 bridgehead atoms. The zero-order valence-corrected chi connectivity index (χ0v) is 17.9. The molecule has 2 unspecified atom stereocenters. The molecule has 0 aromatic heterocycles. The Bertz CT molecular complexity index is 903. The lowest BCUT2D eigenvalue weighted by molar-refractivity contribution is -0.110. The number of amidine groups is 1. The molecular formula is C24H31N5O. The highest BCUT2D eigenvalue weighted by atomic mass is 16.2. The molecule has 1 aliphatic carbocycles. The molecule has 0 radical (unpaired) electrons. The summed E-state index contributed by atoms with van der Waals surface area (Å²) in [7, 11) is 0. The third kappa shape index (κ3) is 4.57. The van der Waals surface area contributed by atoms with Crippen LogP contribution in [-0.2, 0) is 4.79 Å². The normalized spacial score (nSPS) is 28.7. The Balaban J connectivity index is 1.60. The summed E-state index contributed by atoms with van der Waals surface area (Å²) in [5, 5.41) is 18.6. The minimum atomic E-state index is -0.419. The van der Waals surface area contributed by atoms with E-state index in [4.69, 9.17) is 5.26 Å². The minimum Gasteiger partial charge on any atom is -0.349 e. The van der Waals surface area contributed by atoms with Gasteiger partial charge >= 0.3 is 0 Å². The van der Waals surface area contributed by atoms with E-state index in [9.17, 15) is 4.79 Å². The van der Waals surface area contributed by atoms with Crippen LogP contribution in [0.2, 0.25) is 0 Å². The van der Waals surface area contributed by atoms with Crippen molar-refractivity contribution in [1.82, 2.24) is 10.6 Å². The topological polar surface area (TPSA) is 89.3 Å². The average Bonchev–Trinajstić information content (AvgIpc) is 3.23. The summed E-state index contributed by atoms with van der Waals surface area (Å²) in [4.78, 5) is 16.9. The molecule has 3 aliphatic rings. The first-order valence-electron chi connectivity index (χ1n) is 11.1. The van der Waals surface area contributed by atoms with Crippen LogP contribution in [0.15, 0.2) is 29.3 Å². The van der Waals surface area contributed by atoms with E-state index in [1.165, 1.54) is 24.0 Å². The van der Waals surface area contributed by atoms with Crippen molar-refractivity contribution in [2.45, 2.75) is 76.4 Å². The van der Waals surface area contributed by atoms with E-state index in [-0.39, 0.29) is 11.7 Å². The van der Waals surface area contributed by atoms with Gasteiger partial charge in [-0.1, -0.05) is 12.1 Å². The number of carbonyl (C=O) groups is 1. The molecule has 1 amide bonds. The minimum absolute atomic E-state index is 0.246. The largest absolute Gasteiger partial charge is 0.349 e. The quantitative estimate of drug-likeness (QED) is 0.712. The number of nitrogens with zero attached hydrogens (tertiary/aromatic N) is 2. The van der Waals surface area contributed by atoms with Crippen LogP contribution in [0.4, 0.5) is 5.69 Å². The Morgan fingerprint density at radius 2 is 2.03 bits per heavy atom. The van der Waals surface area contributed by atoms with Gasteiger partial charge in [0.2, 0.25) is 0 Å². The Morgan fingerprint density at radius 3 is 2.70 bits per heavy atom. The van der Waals surface area contributed by atoms with Crippen molar-refractivity contribution in [3.63, 3.8) is 0 Å². The molecule has 30 heavy (non-hydrogen) atoms. The molecule has 4 atom stereocenters. The second kappa shape index (κ2) is 9.01. The first kappa shape index (κ1) is 20.6. The predicted octanol–water partition coefficient (Wildman–Crippen LogP) is 3.72. The molecular weight excluding hydrogens is 374 g/mol. The fraction of sp³-hybridized carbons (Fsp3) is 0.542. The van der Waals surface area contributed by atoms with Gasteiger partial charge in [0, 0.05) is 23.3 Å². The van der Waals surface area contributed by atoms with Crippen LogP contribution in [0.3, 0.4) is 0 Å². The number of amides is 1. The third-order valence-corrected chi connectivity index (χ3v) is 6.36. The zero-order chi connectivity index (χ0) is 21.1. The van der Waals surface area contributed by atoms with Crippen LogP contribution in [0, 0.1) is 11.3 Å². The van der Waals surface area contributed by atoms with Crippen molar-refractivity contribution in [2.75, 3.05) is 11.9 Å². The molecule has 6 heteroatoms. The van der Waals surface area contributed by atoms with Crippen molar-refractivity contribution in [3.05, 3.63) is 35.4 Å². The number of hydrogen-bond donors (Lipinski definition) is 3. The highest BCUT2D eigenvalue weighted by Gasteiger charge is 2.27. The van der Waals surface area contributed by atoms with Crippen molar-refractivity contribution in [1.29, 1.82) is 5.26 Å². The maximum absolute atomic E-state index is 12.7. The molecule has 1 aromatic rings. The Kier molecular flexibility index (Phi) is 6.19. The van der Waals surface area contributed by atoms with Crippen LogP contribution in [-0.4, -0.2) is 36.4 Å². The Labute approximate surface area is 178 Å². The van der Waals surface area contributed by atoms with Gasteiger partial charge in [0.15, 0.2) is 5.84 Å². The molecule has 0 spiro atoms. The van der Waals surface area contributed by atoms with Crippen molar-refractivity contribution < 1.29 is 4.79 Å². The van der Waals surface area contributed by atoms with Crippen molar-refractivity contribution >= 4 is 23.0 Å².